The fraction of sp³-hybridized carbons (Fsp3) is 0.286. The van der Waals surface area contributed by atoms with Crippen molar-refractivity contribution < 1.29 is 27.1 Å². The number of anilines is 1. The summed E-state index contributed by atoms with van der Waals surface area (Å²) in [5.74, 6) is -0.450. The van der Waals surface area contributed by atoms with Crippen LogP contribution in [0.25, 0.3) is 11.0 Å². The van der Waals surface area contributed by atoms with Gasteiger partial charge < -0.3 is 9.64 Å². The van der Waals surface area contributed by atoms with E-state index in [2.05, 4.69) is 0 Å². The molecule has 0 N–H and O–H groups in total. The summed E-state index contributed by atoms with van der Waals surface area (Å²) in [5.41, 5.74) is -0.0177. The number of ether oxygens (including phenoxy) is 1. The monoisotopic (exact) mass is 527 g/mol. The molecule has 38 heavy (non-hydrogen) atoms. The number of carbonyl (C=O) groups excluding carboxylic acids is 1. The summed E-state index contributed by atoms with van der Waals surface area (Å²) < 4.78 is 64.3. The number of hydrogen-bond acceptors (Lipinski definition) is 4. The third-order valence-corrected chi connectivity index (χ3v) is 7.03. The molecule has 1 aliphatic rings. The summed E-state index contributed by atoms with van der Waals surface area (Å²) in [6, 6.07) is 14.2. The molecule has 3 aromatic carbocycles. The Balaban J connectivity index is 1.61. The summed E-state index contributed by atoms with van der Waals surface area (Å²) >= 11 is 0. The van der Waals surface area contributed by atoms with Crippen molar-refractivity contribution in [2.24, 2.45) is 0 Å². The van der Waals surface area contributed by atoms with E-state index in [-0.39, 0.29) is 35.7 Å². The van der Waals surface area contributed by atoms with Gasteiger partial charge in [0.1, 0.15) is 17.1 Å². The first-order valence-electron chi connectivity index (χ1n) is 12.1. The Morgan fingerprint density at radius 3 is 2.50 bits per heavy atom. The van der Waals surface area contributed by atoms with Crippen LogP contribution in [0.15, 0.2) is 65.5 Å². The van der Waals surface area contributed by atoms with Crippen molar-refractivity contribution in [3.05, 3.63) is 93.7 Å². The molecule has 2 heterocycles. The van der Waals surface area contributed by atoms with Crippen LogP contribution in [0.3, 0.4) is 0 Å². The highest BCUT2D eigenvalue weighted by atomic mass is 19.4. The number of Topliss-reactive ketones (excluding diaryl/α,β-unsaturated/α-hetero) is 1. The van der Waals surface area contributed by atoms with E-state index < -0.39 is 29.3 Å². The van der Waals surface area contributed by atoms with E-state index in [0.717, 1.165) is 6.07 Å². The van der Waals surface area contributed by atoms with E-state index in [1.54, 1.807) is 33.7 Å². The number of hydrogen-bond donors (Lipinski definition) is 0. The number of para-hydroxylation sites is 2. The molecule has 1 aromatic heterocycles. The molecule has 1 atom stereocenters. The molecule has 6 nitrogen and oxygen atoms in total. The van der Waals surface area contributed by atoms with Crippen molar-refractivity contribution in [2.75, 3.05) is 25.1 Å². The van der Waals surface area contributed by atoms with Gasteiger partial charge in [0.2, 0.25) is 0 Å². The number of fused-ring (bicyclic) bond motifs is 1. The van der Waals surface area contributed by atoms with E-state index in [1.807, 2.05) is 0 Å². The summed E-state index contributed by atoms with van der Waals surface area (Å²) in [7, 11) is 1.43. The normalized spacial score (nSPS) is 15.8. The van der Waals surface area contributed by atoms with Gasteiger partial charge in [0, 0.05) is 18.7 Å². The first kappa shape index (κ1) is 25.6. The minimum absolute atomic E-state index is 0.0439. The smallest absolute Gasteiger partial charge is 0.416 e. The fourth-order valence-corrected chi connectivity index (χ4v) is 5.35. The standard InChI is InChI=1S/C28H25F4N3O3/c1-17(36)20-8-5-10-22(29)25(20)33-14-13-19(16-33)35-23-11-6-12-24(38-2)26(23)34(27(35)37)15-18-7-3-4-9-21(18)28(30,31)32/h3-12,19H,13-16H2,1-2H3/t19-/m1/s1. The van der Waals surface area contributed by atoms with E-state index in [1.165, 1.54) is 48.9 Å². The van der Waals surface area contributed by atoms with Crippen LogP contribution in [0.2, 0.25) is 0 Å². The van der Waals surface area contributed by atoms with Gasteiger partial charge in [-0.1, -0.05) is 30.3 Å². The topological polar surface area (TPSA) is 56.5 Å². The molecule has 1 aliphatic heterocycles. The summed E-state index contributed by atoms with van der Waals surface area (Å²) in [4.78, 5) is 27.7. The number of carbonyl (C=O) groups is 1. The Morgan fingerprint density at radius 2 is 1.79 bits per heavy atom. The first-order chi connectivity index (χ1) is 18.1. The zero-order valence-corrected chi connectivity index (χ0v) is 20.8. The molecule has 5 rings (SSSR count). The van der Waals surface area contributed by atoms with Gasteiger partial charge >= 0.3 is 11.9 Å². The molecule has 0 amide bonds. The van der Waals surface area contributed by atoms with Gasteiger partial charge in [0.25, 0.3) is 0 Å². The van der Waals surface area contributed by atoms with Gasteiger partial charge in [-0.05, 0) is 49.2 Å². The number of imidazole rings is 1. The number of halogens is 4. The van der Waals surface area contributed by atoms with Gasteiger partial charge in [-0.25, -0.2) is 9.18 Å². The van der Waals surface area contributed by atoms with Crippen LogP contribution in [-0.4, -0.2) is 35.1 Å². The van der Waals surface area contributed by atoms with Crippen LogP contribution < -0.4 is 15.3 Å². The third kappa shape index (κ3) is 4.33. The summed E-state index contributed by atoms with van der Waals surface area (Å²) in [5, 5.41) is 0. The number of rotatable bonds is 6. The van der Waals surface area contributed by atoms with E-state index >= 15 is 0 Å². The zero-order chi connectivity index (χ0) is 27.2. The van der Waals surface area contributed by atoms with Crippen molar-refractivity contribution in [1.82, 2.24) is 9.13 Å². The maximum atomic E-state index is 14.8. The second kappa shape index (κ2) is 9.66. The Labute approximate surface area is 215 Å². The van der Waals surface area contributed by atoms with Crippen LogP contribution in [0.5, 0.6) is 5.75 Å². The number of benzene rings is 3. The molecular formula is C28H25F4N3O3. The van der Waals surface area contributed by atoms with Gasteiger partial charge in [0.15, 0.2) is 5.78 Å². The van der Waals surface area contributed by atoms with Gasteiger partial charge in [-0.15, -0.1) is 0 Å². The highest BCUT2D eigenvalue weighted by Crippen LogP contribution is 2.36. The highest BCUT2D eigenvalue weighted by Gasteiger charge is 2.35. The highest BCUT2D eigenvalue weighted by molar-refractivity contribution is 6.00. The predicted molar refractivity (Wildman–Crippen MR) is 136 cm³/mol. The van der Waals surface area contributed by atoms with Crippen molar-refractivity contribution in [2.45, 2.75) is 32.1 Å². The molecule has 0 unspecified atom stereocenters. The van der Waals surface area contributed by atoms with Gasteiger partial charge in [0.05, 0.1) is 36.5 Å². The largest absolute Gasteiger partial charge is 0.494 e. The van der Waals surface area contributed by atoms with Crippen LogP contribution in [-0.2, 0) is 12.7 Å². The molecule has 198 valence electrons. The van der Waals surface area contributed by atoms with Crippen molar-refractivity contribution in [3.63, 3.8) is 0 Å². The van der Waals surface area contributed by atoms with Crippen LogP contribution in [0.4, 0.5) is 23.2 Å². The second-order valence-corrected chi connectivity index (χ2v) is 9.30. The number of methoxy groups -OCH3 is 1. The molecule has 1 saturated heterocycles. The predicted octanol–water partition coefficient (Wildman–Crippen LogP) is 5.67. The van der Waals surface area contributed by atoms with Crippen LogP contribution >= 0.6 is 0 Å². The van der Waals surface area contributed by atoms with Crippen molar-refractivity contribution in [1.29, 1.82) is 0 Å². The number of aromatic nitrogens is 2. The minimum atomic E-state index is -4.58. The van der Waals surface area contributed by atoms with Gasteiger partial charge in [-0.3, -0.25) is 13.9 Å². The Hall–Kier alpha value is -4.08. The molecular weight excluding hydrogens is 502 g/mol. The fourth-order valence-electron chi connectivity index (χ4n) is 5.35. The lowest BCUT2D eigenvalue weighted by Gasteiger charge is -2.22. The zero-order valence-electron chi connectivity index (χ0n) is 20.8. The average Bonchev–Trinajstić information content (AvgIpc) is 3.46. The Kier molecular flexibility index (Phi) is 6.50. The Morgan fingerprint density at radius 1 is 1.05 bits per heavy atom. The molecule has 1 fully saturated rings. The van der Waals surface area contributed by atoms with Crippen molar-refractivity contribution >= 4 is 22.5 Å². The number of alkyl halides is 3. The maximum Gasteiger partial charge on any atom is 0.416 e. The SMILES string of the molecule is COc1cccc2c1n(Cc1ccccc1C(F)(F)F)c(=O)n2[C@@H]1CCN(c2c(F)cccc2C(C)=O)C1. The third-order valence-electron chi connectivity index (χ3n) is 7.03. The molecule has 0 bridgehead atoms. The molecule has 0 radical (unpaired) electrons. The average molecular weight is 528 g/mol. The van der Waals surface area contributed by atoms with Crippen LogP contribution in [0, 0.1) is 5.82 Å². The molecule has 10 heteroatoms. The van der Waals surface area contributed by atoms with E-state index in [9.17, 15) is 27.2 Å². The van der Waals surface area contributed by atoms with Crippen LogP contribution in [0.1, 0.15) is 40.9 Å². The maximum absolute atomic E-state index is 14.8. The quantitative estimate of drug-likeness (QED) is 0.240. The number of nitrogens with zero attached hydrogens (tertiary/aromatic N) is 3. The van der Waals surface area contributed by atoms with Crippen molar-refractivity contribution in [3.8, 4) is 5.75 Å². The van der Waals surface area contributed by atoms with E-state index in [0.29, 0.717) is 29.7 Å². The van der Waals surface area contributed by atoms with E-state index in [4.69, 9.17) is 4.74 Å². The first-order valence-corrected chi connectivity index (χ1v) is 12.1. The molecule has 0 saturated carbocycles. The molecule has 4 aromatic rings. The Bertz CT molecular complexity index is 1590. The lowest BCUT2D eigenvalue weighted by atomic mass is 10.1. The lowest BCUT2D eigenvalue weighted by Crippen LogP contribution is -2.30. The lowest BCUT2D eigenvalue weighted by molar-refractivity contribution is -0.138. The van der Waals surface area contributed by atoms with Gasteiger partial charge in [-0.2, -0.15) is 13.2 Å². The summed E-state index contributed by atoms with van der Waals surface area (Å²) in [6.07, 6.45) is -4.11. The minimum Gasteiger partial charge on any atom is -0.494 e. The second-order valence-electron chi connectivity index (χ2n) is 9.30. The summed E-state index contributed by atoms with van der Waals surface area (Å²) in [6.45, 7) is 1.70. The molecule has 0 aliphatic carbocycles. The number of ketones is 1. The molecule has 0 spiro atoms.